The van der Waals surface area contributed by atoms with Crippen LogP contribution >= 0.6 is 0 Å². The molecule has 1 aromatic heterocycles. The maximum Gasteiger partial charge on any atom is 0.287 e. The van der Waals surface area contributed by atoms with E-state index >= 15 is 0 Å². The number of amides is 1. The van der Waals surface area contributed by atoms with E-state index in [4.69, 9.17) is 9.15 Å². The van der Waals surface area contributed by atoms with Crippen LogP contribution in [0.1, 0.15) is 22.7 Å². The molecule has 0 unspecified atom stereocenters. The van der Waals surface area contributed by atoms with Crippen molar-refractivity contribution in [2.24, 2.45) is 0 Å². The number of rotatable bonds is 7. The van der Waals surface area contributed by atoms with Gasteiger partial charge in [0.25, 0.3) is 5.91 Å². The van der Waals surface area contributed by atoms with Crippen molar-refractivity contribution in [1.82, 2.24) is 10.2 Å². The predicted molar refractivity (Wildman–Crippen MR) is 106 cm³/mol. The lowest BCUT2D eigenvalue weighted by atomic mass is 10.1. The summed E-state index contributed by atoms with van der Waals surface area (Å²) in [5, 5.41) is 14.6. The number of carbonyl (C=O) groups excluding carboxylic acids is 1. The van der Waals surface area contributed by atoms with Crippen molar-refractivity contribution in [2.45, 2.75) is 19.1 Å². The number of nitrogens with zero attached hydrogens (tertiary/aromatic N) is 1. The van der Waals surface area contributed by atoms with E-state index in [1.165, 1.54) is 0 Å². The van der Waals surface area contributed by atoms with Crippen LogP contribution in [0, 0.1) is 0 Å². The lowest BCUT2D eigenvalue weighted by molar-refractivity contribution is 0.0917. The molecule has 2 aromatic carbocycles. The fourth-order valence-corrected chi connectivity index (χ4v) is 3.42. The molecule has 0 radical (unpaired) electrons. The van der Waals surface area contributed by atoms with E-state index in [0.29, 0.717) is 18.8 Å². The molecule has 1 atom stereocenters. The van der Waals surface area contributed by atoms with Gasteiger partial charge in [0, 0.05) is 26.2 Å². The van der Waals surface area contributed by atoms with Crippen LogP contribution in [0.5, 0.6) is 5.75 Å². The first kappa shape index (κ1) is 18.5. The second-order valence-electron chi connectivity index (χ2n) is 7.06. The van der Waals surface area contributed by atoms with Crippen LogP contribution < -0.4 is 10.1 Å². The molecule has 0 bridgehead atoms. The van der Waals surface area contributed by atoms with Gasteiger partial charge in [-0.25, -0.2) is 0 Å². The van der Waals surface area contributed by atoms with Crippen molar-refractivity contribution in [3.8, 4) is 5.75 Å². The Kier molecular flexibility index (Phi) is 5.60. The first-order chi connectivity index (χ1) is 13.7. The number of benzene rings is 2. The number of carbonyl (C=O) groups is 1. The number of hydrogen-bond donors (Lipinski definition) is 2. The van der Waals surface area contributed by atoms with Gasteiger partial charge < -0.3 is 19.6 Å². The molecule has 1 fully saturated rings. The van der Waals surface area contributed by atoms with E-state index in [2.05, 4.69) is 16.3 Å². The second-order valence-corrected chi connectivity index (χ2v) is 7.06. The number of likely N-dealkylation sites (tertiary alicyclic amines) is 1. The largest absolute Gasteiger partial charge is 0.486 e. The Morgan fingerprint density at radius 3 is 2.86 bits per heavy atom. The number of nitrogens with one attached hydrogen (secondary N) is 1. The van der Waals surface area contributed by atoms with Gasteiger partial charge >= 0.3 is 0 Å². The van der Waals surface area contributed by atoms with Crippen LogP contribution in [-0.2, 0) is 6.61 Å². The number of aliphatic hydroxyl groups is 1. The average molecular weight is 380 g/mol. The van der Waals surface area contributed by atoms with Crippen LogP contribution in [0.4, 0.5) is 0 Å². The molecule has 1 aliphatic rings. The number of hydrogen-bond acceptors (Lipinski definition) is 5. The number of furan rings is 1. The fraction of sp³-hybridized carbons (Fsp3) is 0.318. The Labute approximate surface area is 163 Å². The van der Waals surface area contributed by atoms with Crippen molar-refractivity contribution in [3.05, 3.63) is 66.1 Å². The van der Waals surface area contributed by atoms with Crippen molar-refractivity contribution < 1.29 is 19.1 Å². The topological polar surface area (TPSA) is 74.9 Å². The minimum absolute atomic E-state index is 0.239. The van der Waals surface area contributed by atoms with Crippen molar-refractivity contribution >= 4 is 16.7 Å². The van der Waals surface area contributed by atoms with Crippen LogP contribution in [0.25, 0.3) is 10.8 Å². The summed E-state index contributed by atoms with van der Waals surface area (Å²) in [6, 6.07) is 17.5. The highest BCUT2D eigenvalue weighted by Gasteiger charge is 2.20. The lowest BCUT2D eigenvalue weighted by Crippen LogP contribution is -2.34. The summed E-state index contributed by atoms with van der Waals surface area (Å²) < 4.78 is 11.4. The summed E-state index contributed by atoms with van der Waals surface area (Å²) in [5.74, 6) is 1.39. The normalized spacial score (nSPS) is 17.1. The molecule has 2 N–H and O–H groups in total. The zero-order valence-electron chi connectivity index (χ0n) is 15.6. The van der Waals surface area contributed by atoms with Gasteiger partial charge in [0.2, 0.25) is 0 Å². The zero-order valence-corrected chi connectivity index (χ0v) is 15.6. The summed E-state index contributed by atoms with van der Waals surface area (Å²) in [6.07, 6.45) is 0.554. The van der Waals surface area contributed by atoms with E-state index in [1.807, 2.05) is 36.4 Å². The maximum absolute atomic E-state index is 12.2. The molecule has 28 heavy (non-hydrogen) atoms. The average Bonchev–Trinajstić information content (AvgIpc) is 3.35. The molecule has 2 heterocycles. The van der Waals surface area contributed by atoms with Gasteiger partial charge in [-0.05, 0) is 41.5 Å². The number of fused-ring (bicyclic) bond motifs is 1. The molecule has 1 aliphatic heterocycles. The standard InChI is InChI=1S/C22H24N2O4/c25-18-9-11-24(14-18)12-10-23-22(26)21-8-7-20(28-21)15-27-19-6-5-16-3-1-2-4-17(16)13-19/h1-8,13,18,25H,9-12,14-15H2,(H,23,26)/t18-/m1/s1. The summed E-state index contributed by atoms with van der Waals surface area (Å²) in [5.41, 5.74) is 0. The van der Waals surface area contributed by atoms with E-state index < -0.39 is 0 Å². The SMILES string of the molecule is O=C(NCCN1CC[C@@H](O)C1)c1ccc(COc2ccc3ccccc3c2)o1. The van der Waals surface area contributed by atoms with Crippen LogP contribution in [0.15, 0.2) is 59.0 Å². The van der Waals surface area contributed by atoms with Crippen LogP contribution in [0.2, 0.25) is 0 Å². The third kappa shape index (κ3) is 4.52. The molecular formula is C22H24N2O4. The van der Waals surface area contributed by atoms with Crippen molar-refractivity contribution in [1.29, 1.82) is 0 Å². The van der Waals surface area contributed by atoms with Gasteiger partial charge in [-0.15, -0.1) is 0 Å². The van der Waals surface area contributed by atoms with Gasteiger partial charge in [0.1, 0.15) is 18.1 Å². The highest BCUT2D eigenvalue weighted by molar-refractivity contribution is 5.91. The second kappa shape index (κ2) is 8.46. The monoisotopic (exact) mass is 380 g/mol. The van der Waals surface area contributed by atoms with Crippen molar-refractivity contribution in [3.63, 3.8) is 0 Å². The Morgan fingerprint density at radius 1 is 1.18 bits per heavy atom. The van der Waals surface area contributed by atoms with E-state index in [1.54, 1.807) is 12.1 Å². The molecule has 6 nitrogen and oxygen atoms in total. The number of β-amino-alcohol motifs (C(OH)–C–C–N with tert-alkyl or cyclic N) is 1. The van der Waals surface area contributed by atoms with E-state index in [-0.39, 0.29) is 24.4 Å². The van der Waals surface area contributed by atoms with Crippen molar-refractivity contribution in [2.75, 3.05) is 26.2 Å². The Hall–Kier alpha value is -2.83. The van der Waals surface area contributed by atoms with Gasteiger partial charge in [0.15, 0.2) is 5.76 Å². The molecule has 1 saturated heterocycles. The Morgan fingerprint density at radius 2 is 2.04 bits per heavy atom. The lowest BCUT2D eigenvalue weighted by Gasteiger charge is -2.14. The number of aliphatic hydroxyl groups excluding tert-OH is 1. The van der Waals surface area contributed by atoms with Crippen LogP contribution in [-0.4, -0.2) is 48.2 Å². The molecule has 146 valence electrons. The molecular weight excluding hydrogens is 356 g/mol. The zero-order chi connectivity index (χ0) is 19.3. The molecule has 4 rings (SSSR count). The molecule has 0 aliphatic carbocycles. The smallest absolute Gasteiger partial charge is 0.287 e. The quantitative estimate of drug-likeness (QED) is 0.659. The maximum atomic E-state index is 12.2. The summed E-state index contributed by atoms with van der Waals surface area (Å²) in [7, 11) is 0. The third-order valence-corrected chi connectivity index (χ3v) is 4.95. The molecule has 0 spiro atoms. The predicted octanol–water partition coefficient (Wildman–Crippen LogP) is 2.81. The van der Waals surface area contributed by atoms with Crippen LogP contribution in [0.3, 0.4) is 0 Å². The minimum atomic E-state index is -0.245. The van der Waals surface area contributed by atoms with Gasteiger partial charge in [-0.3, -0.25) is 9.69 Å². The van der Waals surface area contributed by atoms with E-state index in [0.717, 1.165) is 36.0 Å². The molecule has 0 saturated carbocycles. The summed E-state index contributed by atoms with van der Waals surface area (Å²) in [6.45, 7) is 3.05. The minimum Gasteiger partial charge on any atom is -0.486 e. The molecule has 1 amide bonds. The summed E-state index contributed by atoms with van der Waals surface area (Å²) >= 11 is 0. The Bertz CT molecular complexity index is 952. The van der Waals surface area contributed by atoms with Gasteiger partial charge in [-0.2, -0.15) is 0 Å². The highest BCUT2D eigenvalue weighted by atomic mass is 16.5. The Balaban J connectivity index is 1.26. The summed E-state index contributed by atoms with van der Waals surface area (Å²) in [4.78, 5) is 14.3. The first-order valence-electron chi connectivity index (χ1n) is 9.56. The number of ether oxygens (including phenoxy) is 1. The van der Waals surface area contributed by atoms with Gasteiger partial charge in [0.05, 0.1) is 6.10 Å². The first-order valence-corrected chi connectivity index (χ1v) is 9.56. The molecule has 3 aromatic rings. The molecule has 6 heteroatoms. The highest BCUT2D eigenvalue weighted by Crippen LogP contribution is 2.21. The fourth-order valence-electron chi connectivity index (χ4n) is 3.42. The van der Waals surface area contributed by atoms with Gasteiger partial charge in [-0.1, -0.05) is 30.3 Å². The third-order valence-electron chi connectivity index (χ3n) is 4.95. The van der Waals surface area contributed by atoms with E-state index in [9.17, 15) is 9.90 Å².